The molecule has 1 fully saturated rings. The number of rotatable bonds is 1. The van der Waals surface area contributed by atoms with Crippen LogP contribution in [0.4, 0.5) is 4.79 Å². The zero-order valence-electron chi connectivity index (χ0n) is 11.5. The summed E-state index contributed by atoms with van der Waals surface area (Å²) in [6.45, 7) is 10.3. The Labute approximate surface area is 103 Å². The molecule has 0 spiro atoms. The standard InChI is InChI=1S/C12H24N2O3/c1-11(2,3)17-10(15)14-7-6-13-8-12(4,9-14)16-5/h13H,6-9H2,1-5H3. The smallest absolute Gasteiger partial charge is 0.410 e. The molecular formula is C12H24N2O3. The Morgan fingerprint density at radius 3 is 2.59 bits per heavy atom. The van der Waals surface area contributed by atoms with E-state index in [1.807, 2.05) is 27.7 Å². The Morgan fingerprint density at radius 1 is 1.41 bits per heavy atom. The van der Waals surface area contributed by atoms with Crippen molar-refractivity contribution in [2.24, 2.45) is 0 Å². The molecule has 0 aliphatic carbocycles. The van der Waals surface area contributed by atoms with Crippen molar-refractivity contribution in [2.75, 3.05) is 33.3 Å². The van der Waals surface area contributed by atoms with Crippen molar-refractivity contribution in [3.05, 3.63) is 0 Å². The third kappa shape index (κ3) is 4.52. The Balaban J connectivity index is 2.66. The molecule has 0 saturated carbocycles. The van der Waals surface area contributed by atoms with Gasteiger partial charge in [-0.3, -0.25) is 0 Å². The number of nitrogens with zero attached hydrogens (tertiary/aromatic N) is 1. The summed E-state index contributed by atoms with van der Waals surface area (Å²) in [5, 5.41) is 3.26. The molecule has 0 aromatic carbocycles. The van der Waals surface area contributed by atoms with Gasteiger partial charge in [0.15, 0.2) is 0 Å². The molecule has 1 aliphatic rings. The maximum absolute atomic E-state index is 12.0. The molecule has 1 N–H and O–H groups in total. The highest BCUT2D eigenvalue weighted by Gasteiger charge is 2.33. The van der Waals surface area contributed by atoms with E-state index in [1.54, 1.807) is 12.0 Å². The molecule has 0 aromatic rings. The van der Waals surface area contributed by atoms with Gasteiger partial charge in [0, 0.05) is 26.7 Å². The fourth-order valence-electron chi connectivity index (χ4n) is 1.72. The van der Waals surface area contributed by atoms with Crippen molar-refractivity contribution in [1.82, 2.24) is 10.2 Å². The van der Waals surface area contributed by atoms with Gasteiger partial charge in [-0.1, -0.05) is 0 Å². The number of carbonyl (C=O) groups is 1. The topological polar surface area (TPSA) is 50.8 Å². The van der Waals surface area contributed by atoms with Gasteiger partial charge in [-0.05, 0) is 27.7 Å². The number of carbonyl (C=O) groups excluding carboxylic acids is 1. The lowest BCUT2D eigenvalue weighted by atomic mass is 10.1. The quantitative estimate of drug-likeness (QED) is 0.754. The van der Waals surface area contributed by atoms with Crippen LogP contribution < -0.4 is 5.32 Å². The lowest BCUT2D eigenvalue weighted by molar-refractivity contribution is -0.0234. The average Bonchev–Trinajstić information content (AvgIpc) is 2.39. The van der Waals surface area contributed by atoms with Crippen LogP contribution in [-0.2, 0) is 9.47 Å². The minimum absolute atomic E-state index is 0.274. The van der Waals surface area contributed by atoms with Gasteiger partial charge < -0.3 is 19.7 Å². The Kier molecular flexibility index (Phi) is 4.38. The Morgan fingerprint density at radius 2 is 2.06 bits per heavy atom. The lowest BCUT2D eigenvalue weighted by Crippen LogP contribution is -2.47. The monoisotopic (exact) mass is 244 g/mol. The van der Waals surface area contributed by atoms with Crippen molar-refractivity contribution >= 4 is 6.09 Å². The van der Waals surface area contributed by atoms with Crippen LogP contribution >= 0.6 is 0 Å². The second kappa shape index (κ2) is 5.23. The first kappa shape index (κ1) is 14.3. The summed E-state index contributed by atoms with van der Waals surface area (Å²) < 4.78 is 10.8. The van der Waals surface area contributed by atoms with Crippen molar-refractivity contribution in [3.8, 4) is 0 Å². The highest BCUT2D eigenvalue weighted by atomic mass is 16.6. The van der Waals surface area contributed by atoms with Gasteiger partial charge >= 0.3 is 6.09 Å². The highest BCUT2D eigenvalue weighted by molar-refractivity contribution is 5.68. The number of nitrogens with one attached hydrogen (secondary N) is 1. The van der Waals surface area contributed by atoms with Crippen LogP contribution in [0.15, 0.2) is 0 Å². The lowest BCUT2D eigenvalue weighted by Gasteiger charge is -2.32. The van der Waals surface area contributed by atoms with E-state index in [-0.39, 0.29) is 11.7 Å². The van der Waals surface area contributed by atoms with Crippen LogP contribution in [0.2, 0.25) is 0 Å². The van der Waals surface area contributed by atoms with Crippen LogP contribution in [0.1, 0.15) is 27.7 Å². The van der Waals surface area contributed by atoms with E-state index < -0.39 is 5.60 Å². The summed E-state index contributed by atoms with van der Waals surface area (Å²) in [5.41, 5.74) is -0.812. The van der Waals surface area contributed by atoms with E-state index in [1.165, 1.54) is 0 Å². The minimum Gasteiger partial charge on any atom is -0.444 e. The van der Waals surface area contributed by atoms with Gasteiger partial charge in [0.1, 0.15) is 5.60 Å². The zero-order valence-corrected chi connectivity index (χ0v) is 11.5. The third-order valence-corrected chi connectivity index (χ3v) is 2.73. The van der Waals surface area contributed by atoms with Crippen molar-refractivity contribution in [3.63, 3.8) is 0 Å². The van der Waals surface area contributed by atoms with Crippen molar-refractivity contribution in [1.29, 1.82) is 0 Å². The molecule has 0 bridgehead atoms. The maximum Gasteiger partial charge on any atom is 0.410 e. The number of hydrogen-bond donors (Lipinski definition) is 1. The molecule has 1 heterocycles. The second-order valence-electron chi connectivity index (χ2n) is 5.73. The predicted molar refractivity (Wildman–Crippen MR) is 66.1 cm³/mol. The van der Waals surface area contributed by atoms with E-state index in [2.05, 4.69) is 5.32 Å². The van der Waals surface area contributed by atoms with Crippen LogP contribution in [0.25, 0.3) is 0 Å². The van der Waals surface area contributed by atoms with Crippen LogP contribution in [-0.4, -0.2) is 55.5 Å². The molecule has 5 nitrogen and oxygen atoms in total. The van der Waals surface area contributed by atoms with E-state index in [0.717, 1.165) is 13.1 Å². The summed E-state index contributed by atoms with van der Waals surface area (Å²) in [6, 6.07) is 0. The molecule has 17 heavy (non-hydrogen) atoms. The fourth-order valence-corrected chi connectivity index (χ4v) is 1.72. The van der Waals surface area contributed by atoms with Gasteiger partial charge in [0.2, 0.25) is 0 Å². The molecule has 1 amide bonds. The molecule has 1 rings (SSSR count). The second-order valence-corrected chi connectivity index (χ2v) is 5.73. The molecule has 5 heteroatoms. The summed E-state index contributed by atoms with van der Waals surface area (Å²) >= 11 is 0. The number of hydrogen-bond acceptors (Lipinski definition) is 4. The highest BCUT2D eigenvalue weighted by Crippen LogP contribution is 2.16. The predicted octanol–water partition coefficient (Wildman–Crippen LogP) is 1.23. The van der Waals surface area contributed by atoms with Crippen LogP contribution in [0.5, 0.6) is 0 Å². The van der Waals surface area contributed by atoms with Crippen LogP contribution in [0, 0.1) is 0 Å². The van der Waals surface area contributed by atoms with Gasteiger partial charge in [0.25, 0.3) is 0 Å². The zero-order chi connectivity index (χ0) is 13.1. The first-order valence-corrected chi connectivity index (χ1v) is 6.00. The number of ether oxygens (including phenoxy) is 2. The molecule has 1 aliphatic heterocycles. The Bertz CT molecular complexity index is 275. The number of amides is 1. The summed E-state index contributed by atoms with van der Waals surface area (Å²) in [6.07, 6.45) is -0.274. The molecule has 1 unspecified atom stereocenters. The summed E-state index contributed by atoms with van der Waals surface area (Å²) in [4.78, 5) is 13.7. The summed E-state index contributed by atoms with van der Waals surface area (Å²) in [7, 11) is 1.67. The van der Waals surface area contributed by atoms with Crippen molar-refractivity contribution in [2.45, 2.75) is 38.9 Å². The number of methoxy groups -OCH3 is 1. The summed E-state index contributed by atoms with van der Waals surface area (Å²) in [5.74, 6) is 0. The SMILES string of the molecule is COC1(C)CNCCN(C(=O)OC(C)(C)C)C1. The molecule has 1 saturated heterocycles. The van der Waals surface area contributed by atoms with E-state index in [0.29, 0.717) is 13.1 Å². The van der Waals surface area contributed by atoms with Crippen LogP contribution in [0.3, 0.4) is 0 Å². The van der Waals surface area contributed by atoms with Gasteiger partial charge in [0.05, 0.1) is 12.1 Å². The maximum atomic E-state index is 12.0. The molecule has 0 aromatic heterocycles. The average molecular weight is 244 g/mol. The fraction of sp³-hybridized carbons (Fsp3) is 0.917. The van der Waals surface area contributed by atoms with E-state index in [9.17, 15) is 4.79 Å². The molecule has 100 valence electrons. The van der Waals surface area contributed by atoms with Gasteiger partial charge in [-0.15, -0.1) is 0 Å². The van der Waals surface area contributed by atoms with E-state index >= 15 is 0 Å². The Hall–Kier alpha value is -0.810. The normalized spacial score (nSPS) is 26.5. The molecule has 1 atom stereocenters. The third-order valence-electron chi connectivity index (χ3n) is 2.73. The largest absolute Gasteiger partial charge is 0.444 e. The first-order chi connectivity index (χ1) is 7.76. The molecular weight excluding hydrogens is 220 g/mol. The minimum atomic E-state index is -0.458. The molecule has 0 radical (unpaired) electrons. The van der Waals surface area contributed by atoms with Gasteiger partial charge in [-0.2, -0.15) is 0 Å². The first-order valence-electron chi connectivity index (χ1n) is 6.00. The van der Waals surface area contributed by atoms with E-state index in [4.69, 9.17) is 9.47 Å². The van der Waals surface area contributed by atoms with Gasteiger partial charge in [-0.25, -0.2) is 4.79 Å². The van der Waals surface area contributed by atoms with Crippen molar-refractivity contribution < 1.29 is 14.3 Å².